The van der Waals surface area contributed by atoms with E-state index in [0.29, 0.717) is 21.3 Å². The van der Waals surface area contributed by atoms with Crippen LogP contribution in [-0.2, 0) is 32.6 Å². The van der Waals surface area contributed by atoms with Crippen molar-refractivity contribution in [3.05, 3.63) is 99.5 Å². The summed E-state index contributed by atoms with van der Waals surface area (Å²) in [6, 6.07) is 20.3. The number of carbonyl (C=O) groups excluding carboxylic acids is 2. The van der Waals surface area contributed by atoms with E-state index in [1.165, 1.54) is 11.9 Å². The zero-order chi connectivity index (χ0) is 28.7. The van der Waals surface area contributed by atoms with Gasteiger partial charge in [0.1, 0.15) is 12.6 Å². The predicted octanol–water partition coefficient (Wildman–Crippen LogP) is 5.27. The molecule has 0 aliphatic heterocycles. The van der Waals surface area contributed by atoms with Gasteiger partial charge in [-0.15, -0.1) is 0 Å². The Labute approximate surface area is 240 Å². The highest BCUT2D eigenvalue weighted by Crippen LogP contribution is 2.26. The number of hydrogen-bond acceptors (Lipinski definition) is 4. The van der Waals surface area contributed by atoms with Crippen molar-refractivity contribution in [2.75, 3.05) is 24.2 Å². The van der Waals surface area contributed by atoms with Crippen LogP contribution in [-0.4, -0.2) is 51.0 Å². The van der Waals surface area contributed by atoms with Crippen LogP contribution in [0.5, 0.6) is 0 Å². The maximum Gasteiger partial charge on any atom is 0.244 e. The van der Waals surface area contributed by atoms with Crippen molar-refractivity contribution >= 4 is 50.7 Å². The lowest BCUT2D eigenvalue weighted by Gasteiger charge is -2.33. The Kier molecular flexibility index (Phi) is 10.4. The molecule has 0 fully saturated rings. The minimum absolute atomic E-state index is 0.0242. The molecule has 3 rings (SSSR count). The quantitative estimate of drug-likeness (QED) is 0.330. The summed E-state index contributed by atoms with van der Waals surface area (Å²) in [6.07, 6.45) is 1.27. The van der Waals surface area contributed by atoms with Gasteiger partial charge in [-0.3, -0.25) is 13.9 Å². The molecular weight excluding hydrogens is 557 g/mol. The standard InChI is InChI=1S/C29H33Cl2N3O4S/c1-20(2)22-11-14-25(15-12-22)34(39(4,37)38)19-28(35)33(18-23-10-13-24(30)17-26(23)31)27(29(36)32-3)16-21-8-6-5-7-9-21/h5-15,17,20,27H,16,18-19H2,1-4H3,(H,32,36)/t27-/m0/s1. The number of rotatable bonds is 11. The summed E-state index contributed by atoms with van der Waals surface area (Å²) in [7, 11) is -2.34. The highest BCUT2D eigenvalue weighted by molar-refractivity contribution is 7.92. The van der Waals surface area contributed by atoms with E-state index in [1.807, 2.05) is 56.3 Å². The minimum Gasteiger partial charge on any atom is -0.357 e. The zero-order valence-electron chi connectivity index (χ0n) is 22.4. The van der Waals surface area contributed by atoms with E-state index < -0.39 is 28.5 Å². The van der Waals surface area contributed by atoms with E-state index in [1.54, 1.807) is 30.3 Å². The fraction of sp³-hybridized carbons (Fsp3) is 0.310. The number of sulfonamides is 1. The van der Waals surface area contributed by atoms with Crippen molar-refractivity contribution in [3.8, 4) is 0 Å². The van der Waals surface area contributed by atoms with E-state index >= 15 is 0 Å². The van der Waals surface area contributed by atoms with E-state index in [-0.39, 0.29) is 24.8 Å². The molecular formula is C29H33Cl2N3O4S. The molecule has 3 aromatic carbocycles. The van der Waals surface area contributed by atoms with Crippen LogP contribution in [0.2, 0.25) is 10.0 Å². The third kappa shape index (κ3) is 8.21. The fourth-order valence-electron chi connectivity index (χ4n) is 4.19. The topological polar surface area (TPSA) is 86.8 Å². The predicted molar refractivity (Wildman–Crippen MR) is 158 cm³/mol. The number of amides is 2. The van der Waals surface area contributed by atoms with Gasteiger partial charge in [0, 0.05) is 30.1 Å². The van der Waals surface area contributed by atoms with Gasteiger partial charge in [0.15, 0.2) is 0 Å². The summed E-state index contributed by atoms with van der Waals surface area (Å²) < 4.78 is 26.8. The number of hydrogen-bond donors (Lipinski definition) is 1. The van der Waals surface area contributed by atoms with E-state index in [0.717, 1.165) is 21.7 Å². The Morgan fingerprint density at radius 3 is 2.13 bits per heavy atom. The highest BCUT2D eigenvalue weighted by atomic mass is 35.5. The van der Waals surface area contributed by atoms with Crippen LogP contribution in [0.25, 0.3) is 0 Å². The molecule has 1 atom stereocenters. The molecule has 10 heteroatoms. The maximum atomic E-state index is 14.0. The van der Waals surface area contributed by atoms with Crippen molar-refractivity contribution in [2.24, 2.45) is 0 Å². The fourth-order valence-corrected chi connectivity index (χ4v) is 5.51. The Bertz CT molecular complexity index is 1400. The SMILES string of the molecule is CNC(=O)[C@H](Cc1ccccc1)N(Cc1ccc(Cl)cc1Cl)C(=O)CN(c1ccc(C(C)C)cc1)S(C)(=O)=O. The van der Waals surface area contributed by atoms with Gasteiger partial charge >= 0.3 is 0 Å². The third-order valence-corrected chi connectivity index (χ3v) is 8.13. The number of nitrogens with one attached hydrogen (secondary N) is 1. The molecule has 0 saturated heterocycles. The summed E-state index contributed by atoms with van der Waals surface area (Å²) in [5.74, 6) is -0.674. The lowest BCUT2D eigenvalue weighted by Crippen LogP contribution is -2.52. The van der Waals surface area contributed by atoms with E-state index in [9.17, 15) is 18.0 Å². The van der Waals surface area contributed by atoms with Gasteiger partial charge in [-0.2, -0.15) is 0 Å². The monoisotopic (exact) mass is 589 g/mol. The maximum absolute atomic E-state index is 14.0. The molecule has 0 heterocycles. The summed E-state index contributed by atoms with van der Waals surface area (Å²) in [5.41, 5.74) is 2.82. The first-order chi connectivity index (χ1) is 18.4. The summed E-state index contributed by atoms with van der Waals surface area (Å²) in [4.78, 5) is 28.5. The summed E-state index contributed by atoms with van der Waals surface area (Å²) >= 11 is 12.5. The Balaban J connectivity index is 2.04. The lowest BCUT2D eigenvalue weighted by molar-refractivity contribution is -0.139. The average Bonchev–Trinajstić information content (AvgIpc) is 2.89. The van der Waals surface area contributed by atoms with Crippen molar-refractivity contribution < 1.29 is 18.0 Å². The van der Waals surface area contributed by atoms with Crippen molar-refractivity contribution in [1.82, 2.24) is 10.2 Å². The van der Waals surface area contributed by atoms with Crippen LogP contribution < -0.4 is 9.62 Å². The average molecular weight is 591 g/mol. The molecule has 3 aromatic rings. The first-order valence-electron chi connectivity index (χ1n) is 12.5. The summed E-state index contributed by atoms with van der Waals surface area (Å²) in [6.45, 7) is 3.56. The second-order valence-corrected chi connectivity index (χ2v) is 12.3. The Hall–Kier alpha value is -3.07. The van der Waals surface area contributed by atoms with Gasteiger partial charge in [0.05, 0.1) is 11.9 Å². The number of halogens is 2. The molecule has 0 aromatic heterocycles. The van der Waals surface area contributed by atoms with Gasteiger partial charge in [-0.25, -0.2) is 8.42 Å². The van der Waals surface area contributed by atoms with Crippen LogP contribution >= 0.6 is 23.2 Å². The van der Waals surface area contributed by atoms with Gasteiger partial charge in [0.25, 0.3) is 0 Å². The first-order valence-corrected chi connectivity index (χ1v) is 15.1. The Morgan fingerprint density at radius 2 is 1.59 bits per heavy atom. The highest BCUT2D eigenvalue weighted by Gasteiger charge is 2.33. The first kappa shape index (κ1) is 30.5. The van der Waals surface area contributed by atoms with E-state index in [2.05, 4.69) is 5.32 Å². The smallest absolute Gasteiger partial charge is 0.244 e. The molecule has 1 N–H and O–H groups in total. The van der Waals surface area contributed by atoms with Crippen LogP contribution in [0.15, 0.2) is 72.8 Å². The molecule has 0 radical (unpaired) electrons. The van der Waals surface area contributed by atoms with Crippen molar-refractivity contribution in [2.45, 2.75) is 38.8 Å². The molecule has 0 saturated carbocycles. The third-order valence-electron chi connectivity index (χ3n) is 6.40. The number of benzene rings is 3. The molecule has 208 valence electrons. The molecule has 2 amide bonds. The van der Waals surface area contributed by atoms with Crippen LogP contribution in [0.1, 0.15) is 36.5 Å². The molecule has 0 unspecified atom stereocenters. The van der Waals surface area contributed by atoms with Crippen LogP contribution in [0.4, 0.5) is 5.69 Å². The molecule has 0 aliphatic rings. The number of nitrogens with zero attached hydrogens (tertiary/aromatic N) is 2. The second-order valence-electron chi connectivity index (χ2n) is 9.59. The van der Waals surface area contributed by atoms with Gasteiger partial charge < -0.3 is 10.2 Å². The van der Waals surface area contributed by atoms with E-state index in [4.69, 9.17) is 23.2 Å². The van der Waals surface area contributed by atoms with Gasteiger partial charge in [-0.05, 0) is 46.9 Å². The normalized spacial score (nSPS) is 12.2. The second kappa shape index (κ2) is 13.3. The molecule has 39 heavy (non-hydrogen) atoms. The van der Waals surface area contributed by atoms with Crippen LogP contribution in [0.3, 0.4) is 0 Å². The van der Waals surface area contributed by atoms with Crippen LogP contribution in [0, 0.1) is 0 Å². The molecule has 7 nitrogen and oxygen atoms in total. The number of carbonyl (C=O) groups is 2. The number of anilines is 1. The number of likely N-dealkylation sites (N-methyl/N-ethyl adjacent to an activating group) is 1. The molecule has 0 spiro atoms. The van der Waals surface area contributed by atoms with Gasteiger partial charge in [-0.1, -0.05) is 85.6 Å². The van der Waals surface area contributed by atoms with Crippen molar-refractivity contribution in [3.63, 3.8) is 0 Å². The zero-order valence-corrected chi connectivity index (χ0v) is 24.7. The largest absolute Gasteiger partial charge is 0.357 e. The lowest BCUT2D eigenvalue weighted by atomic mass is 10.0. The molecule has 0 bridgehead atoms. The molecule has 0 aliphatic carbocycles. The Morgan fingerprint density at radius 1 is 0.949 bits per heavy atom. The van der Waals surface area contributed by atoms with Gasteiger partial charge in [0.2, 0.25) is 21.8 Å². The minimum atomic E-state index is -3.83. The summed E-state index contributed by atoms with van der Waals surface area (Å²) in [5, 5.41) is 3.41. The van der Waals surface area contributed by atoms with Crippen molar-refractivity contribution in [1.29, 1.82) is 0 Å².